The van der Waals surface area contributed by atoms with Gasteiger partial charge in [0.25, 0.3) is 11.8 Å². The van der Waals surface area contributed by atoms with E-state index in [1.54, 1.807) is 12.1 Å². The quantitative estimate of drug-likeness (QED) is 0.537. The predicted molar refractivity (Wildman–Crippen MR) is 121 cm³/mol. The summed E-state index contributed by atoms with van der Waals surface area (Å²) in [4.78, 5) is 27.1. The first-order valence-electron chi connectivity index (χ1n) is 10.9. The van der Waals surface area contributed by atoms with E-state index in [9.17, 15) is 14.0 Å². The molecule has 0 bridgehead atoms. The van der Waals surface area contributed by atoms with Gasteiger partial charge < -0.3 is 4.52 Å². The van der Waals surface area contributed by atoms with E-state index in [0.717, 1.165) is 55.4 Å². The maximum atomic E-state index is 13.4. The molecule has 2 aliphatic rings. The Hall–Kier alpha value is -2.77. The number of imide groups is 1. The minimum Gasteiger partial charge on any atom is -0.356 e. The largest absolute Gasteiger partial charge is 0.356 e. The van der Waals surface area contributed by atoms with Gasteiger partial charge in [-0.25, -0.2) is 4.39 Å². The maximum absolute atomic E-state index is 13.4. The molecule has 1 unspecified atom stereocenters. The van der Waals surface area contributed by atoms with E-state index in [-0.39, 0.29) is 36.1 Å². The molecule has 8 heteroatoms. The zero-order valence-electron chi connectivity index (χ0n) is 17.6. The number of hydrogen-bond acceptors (Lipinski definition) is 5. The highest BCUT2D eigenvalue weighted by Crippen LogP contribution is 2.34. The van der Waals surface area contributed by atoms with Crippen LogP contribution < -0.4 is 5.32 Å². The number of carbonyl (C=O) groups is 2. The van der Waals surface area contributed by atoms with Crippen LogP contribution in [0.25, 0.3) is 11.0 Å². The van der Waals surface area contributed by atoms with E-state index in [4.69, 9.17) is 4.52 Å². The van der Waals surface area contributed by atoms with Crippen LogP contribution >= 0.6 is 12.4 Å². The molecule has 3 heterocycles. The Morgan fingerprint density at radius 1 is 1.09 bits per heavy atom. The van der Waals surface area contributed by atoms with Crippen molar-refractivity contribution in [2.45, 2.75) is 44.6 Å². The molecule has 0 aliphatic carbocycles. The average molecular weight is 458 g/mol. The fourth-order valence-electron chi connectivity index (χ4n) is 4.89. The molecular formula is C24H25ClFN3O3. The van der Waals surface area contributed by atoms with Crippen LogP contribution in [-0.4, -0.2) is 35.0 Å². The van der Waals surface area contributed by atoms with Crippen molar-refractivity contribution < 1.29 is 18.5 Å². The number of piperidine rings is 1. The Kier molecular flexibility index (Phi) is 6.58. The normalized spacial score (nSPS) is 17.2. The van der Waals surface area contributed by atoms with Gasteiger partial charge in [-0.05, 0) is 69.0 Å². The lowest BCUT2D eigenvalue weighted by Crippen LogP contribution is -2.34. The predicted octanol–water partition coefficient (Wildman–Crippen LogP) is 4.82. The van der Waals surface area contributed by atoms with E-state index in [1.165, 1.54) is 18.6 Å². The zero-order chi connectivity index (χ0) is 21.4. The fraction of sp³-hybridized carbons (Fsp3) is 0.375. The molecule has 5 rings (SSSR count). The highest BCUT2D eigenvalue weighted by molar-refractivity contribution is 6.22. The molecule has 0 radical (unpaired) electrons. The van der Waals surface area contributed by atoms with Crippen molar-refractivity contribution in [2.24, 2.45) is 0 Å². The second-order valence-corrected chi connectivity index (χ2v) is 8.33. The van der Waals surface area contributed by atoms with Crippen molar-refractivity contribution in [2.75, 3.05) is 13.1 Å². The molecule has 6 nitrogen and oxygen atoms in total. The summed E-state index contributed by atoms with van der Waals surface area (Å²) >= 11 is 0. The van der Waals surface area contributed by atoms with Crippen molar-refractivity contribution in [3.63, 3.8) is 0 Å². The molecule has 0 spiro atoms. The van der Waals surface area contributed by atoms with Crippen molar-refractivity contribution in [3.8, 4) is 0 Å². The third-order valence-corrected chi connectivity index (χ3v) is 6.39. The van der Waals surface area contributed by atoms with E-state index in [1.807, 2.05) is 12.1 Å². The van der Waals surface area contributed by atoms with Gasteiger partial charge in [0.2, 0.25) is 0 Å². The molecule has 168 valence electrons. The molecule has 1 aromatic heterocycles. The van der Waals surface area contributed by atoms with Crippen molar-refractivity contribution >= 4 is 35.2 Å². The van der Waals surface area contributed by atoms with Gasteiger partial charge in [0.05, 0.1) is 16.8 Å². The monoisotopic (exact) mass is 457 g/mol. The molecule has 1 fully saturated rings. The number of fused-ring (bicyclic) bond motifs is 2. The van der Waals surface area contributed by atoms with Crippen LogP contribution in [0.1, 0.15) is 70.1 Å². The summed E-state index contributed by atoms with van der Waals surface area (Å²) in [5.41, 5.74) is 3.19. The van der Waals surface area contributed by atoms with Gasteiger partial charge in [-0.1, -0.05) is 23.7 Å². The number of halogens is 2. The van der Waals surface area contributed by atoms with Crippen molar-refractivity contribution in [1.82, 2.24) is 15.4 Å². The van der Waals surface area contributed by atoms with Crippen LogP contribution in [0.3, 0.4) is 0 Å². The molecule has 1 saturated heterocycles. The summed E-state index contributed by atoms with van der Waals surface area (Å²) in [6.07, 6.45) is 5.85. The first-order chi connectivity index (χ1) is 15.1. The van der Waals surface area contributed by atoms with Crippen LogP contribution in [0.4, 0.5) is 4.39 Å². The van der Waals surface area contributed by atoms with Gasteiger partial charge in [0.1, 0.15) is 5.82 Å². The fourth-order valence-corrected chi connectivity index (χ4v) is 4.89. The summed E-state index contributed by atoms with van der Waals surface area (Å²) in [7, 11) is 0. The first-order valence-corrected chi connectivity index (χ1v) is 10.9. The average Bonchev–Trinajstić information content (AvgIpc) is 3.31. The van der Waals surface area contributed by atoms with E-state index < -0.39 is 0 Å². The Bertz CT molecular complexity index is 1160. The molecule has 2 amide bonds. The number of amides is 2. The maximum Gasteiger partial charge on any atom is 0.259 e. The second-order valence-electron chi connectivity index (χ2n) is 8.33. The number of aryl methyl sites for hydroxylation is 1. The van der Waals surface area contributed by atoms with Gasteiger partial charge >= 0.3 is 0 Å². The Morgan fingerprint density at radius 3 is 2.72 bits per heavy atom. The molecule has 32 heavy (non-hydrogen) atoms. The molecule has 1 N–H and O–H groups in total. The van der Waals surface area contributed by atoms with Gasteiger partial charge in [-0.2, -0.15) is 0 Å². The summed E-state index contributed by atoms with van der Waals surface area (Å²) in [5.74, 6) is -0.964. The Morgan fingerprint density at radius 2 is 1.91 bits per heavy atom. The summed E-state index contributed by atoms with van der Waals surface area (Å²) in [6.45, 7) is 1.96. The molecule has 3 aromatic rings. The number of nitrogens with zero attached hydrogens (tertiary/aromatic N) is 2. The summed E-state index contributed by atoms with van der Waals surface area (Å²) in [5, 5.41) is 7.40. The van der Waals surface area contributed by atoms with E-state index in [0.29, 0.717) is 23.1 Å². The highest BCUT2D eigenvalue weighted by Gasteiger charge is 2.33. The number of benzene rings is 2. The summed E-state index contributed by atoms with van der Waals surface area (Å²) < 4.78 is 18.7. The second kappa shape index (κ2) is 9.38. The third-order valence-electron chi connectivity index (χ3n) is 6.39. The van der Waals surface area contributed by atoms with Crippen LogP contribution in [0.5, 0.6) is 0 Å². The molecule has 1 atom stereocenters. The minimum absolute atomic E-state index is 0. The van der Waals surface area contributed by atoms with Gasteiger partial charge in [0.15, 0.2) is 5.58 Å². The standard InChI is InChI=1S/C24H24FN3O3.ClH/c25-15-10-11-16-19(27-31-21(16)14-15)8-5-9-20(28-12-2-1-3-13-28)17-6-4-7-18-22(17)24(30)26-23(18)29;/h4,6-7,10-11,14,20H,1-3,5,8-9,12-13H2,(H,26,29,30);1H. The van der Waals surface area contributed by atoms with Gasteiger partial charge in [-0.3, -0.25) is 19.8 Å². The van der Waals surface area contributed by atoms with Crippen LogP contribution in [0.15, 0.2) is 40.9 Å². The Balaban J connectivity index is 0.00000245. The van der Waals surface area contributed by atoms with Gasteiger partial charge in [0, 0.05) is 17.5 Å². The lowest BCUT2D eigenvalue weighted by molar-refractivity contribution is 0.0877. The number of rotatable bonds is 6. The third kappa shape index (κ3) is 4.14. The molecule has 2 aliphatic heterocycles. The Labute approximate surface area is 191 Å². The zero-order valence-corrected chi connectivity index (χ0v) is 18.4. The van der Waals surface area contributed by atoms with Crippen LogP contribution in [0, 0.1) is 5.82 Å². The lowest BCUT2D eigenvalue weighted by atomic mass is 9.91. The highest BCUT2D eigenvalue weighted by atomic mass is 35.5. The number of aromatic nitrogens is 1. The molecular weight excluding hydrogens is 433 g/mol. The minimum atomic E-state index is -0.342. The van der Waals surface area contributed by atoms with E-state index in [2.05, 4.69) is 15.4 Å². The topological polar surface area (TPSA) is 75.4 Å². The summed E-state index contributed by atoms with van der Waals surface area (Å²) in [6, 6.07) is 10.1. The van der Waals surface area contributed by atoms with Crippen molar-refractivity contribution in [1.29, 1.82) is 0 Å². The number of likely N-dealkylation sites (tertiary alicyclic amines) is 1. The lowest BCUT2D eigenvalue weighted by Gasteiger charge is -2.35. The van der Waals surface area contributed by atoms with Crippen LogP contribution in [-0.2, 0) is 6.42 Å². The smallest absolute Gasteiger partial charge is 0.259 e. The number of hydrogen-bond donors (Lipinski definition) is 1. The van der Waals surface area contributed by atoms with E-state index >= 15 is 0 Å². The van der Waals surface area contributed by atoms with Crippen LogP contribution in [0.2, 0.25) is 0 Å². The first kappa shape index (κ1) is 22.4. The SMILES string of the molecule is Cl.O=C1NC(=O)c2c1cccc2C(CCCc1noc2cc(F)ccc12)N1CCCCC1. The molecule has 0 saturated carbocycles. The van der Waals surface area contributed by atoms with Gasteiger partial charge in [-0.15, -0.1) is 12.4 Å². The number of carbonyl (C=O) groups excluding carboxylic acids is 2. The number of nitrogens with one attached hydrogen (secondary N) is 1. The van der Waals surface area contributed by atoms with Crippen molar-refractivity contribution in [3.05, 3.63) is 64.6 Å². The molecule has 2 aromatic carbocycles.